The van der Waals surface area contributed by atoms with E-state index in [1.54, 1.807) is 37.5 Å². The van der Waals surface area contributed by atoms with E-state index in [1.165, 1.54) is 36.4 Å². The summed E-state index contributed by atoms with van der Waals surface area (Å²) in [5.74, 6) is -0.323. The van der Waals surface area contributed by atoms with E-state index in [9.17, 15) is 18.3 Å². The van der Waals surface area contributed by atoms with Gasteiger partial charge >= 0.3 is 6.09 Å². The number of halogens is 1. The standard InChI is InChI=1S/C23H23ClN2O5S/c1-2-31-23(28)26(32(29,30)22-11-7-20(24)8-12-22)16-19(14-17-4-3-13-25-15-17)18-5-9-21(27)10-6-18/h3-13,15,19,27H,2,14,16H2,1H3. The average molecular weight is 475 g/mol. The van der Waals surface area contributed by atoms with Gasteiger partial charge in [0.15, 0.2) is 0 Å². The minimum atomic E-state index is -4.21. The fourth-order valence-electron chi connectivity index (χ4n) is 3.24. The van der Waals surface area contributed by atoms with Gasteiger partial charge in [-0.2, -0.15) is 4.31 Å². The Morgan fingerprint density at radius 3 is 2.41 bits per heavy atom. The van der Waals surface area contributed by atoms with E-state index in [-0.39, 0.29) is 23.8 Å². The van der Waals surface area contributed by atoms with Crippen LogP contribution in [-0.4, -0.2) is 42.1 Å². The van der Waals surface area contributed by atoms with Crippen molar-refractivity contribution in [3.05, 3.63) is 89.2 Å². The Kier molecular flexibility index (Phi) is 7.71. The SMILES string of the molecule is CCOC(=O)N(CC(Cc1cccnc1)c1ccc(O)cc1)S(=O)(=O)c1ccc(Cl)cc1. The molecular formula is C23H23ClN2O5S. The largest absolute Gasteiger partial charge is 0.508 e. The average Bonchev–Trinajstić information content (AvgIpc) is 2.78. The highest BCUT2D eigenvalue weighted by atomic mass is 35.5. The molecule has 0 aliphatic heterocycles. The molecule has 3 rings (SSSR count). The second kappa shape index (κ2) is 10.5. The second-order valence-corrected chi connectivity index (χ2v) is 9.34. The molecule has 0 fully saturated rings. The van der Waals surface area contributed by atoms with Crippen molar-refractivity contribution in [2.75, 3.05) is 13.2 Å². The van der Waals surface area contributed by atoms with Gasteiger partial charge in [-0.15, -0.1) is 0 Å². The number of amides is 1. The number of rotatable bonds is 8. The Labute approximate surface area is 192 Å². The number of nitrogens with zero attached hydrogens (tertiary/aromatic N) is 2. The summed E-state index contributed by atoms with van der Waals surface area (Å²) in [5.41, 5.74) is 1.63. The molecular weight excluding hydrogens is 452 g/mol. The first-order chi connectivity index (χ1) is 15.3. The molecule has 0 saturated carbocycles. The lowest BCUT2D eigenvalue weighted by atomic mass is 9.92. The molecule has 0 spiro atoms. The van der Waals surface area contributed by atoms with Gasteiger partial charge in [0.1, 0.15) is 5.75 Å². The lowest BCUT2D eigenvalue weighted by Crippen LogP contribution is -2.40. The van der Waals surface area contributed by atoms with Crippen LogP contribution in [0.15, 0.2) is 78.0 Å². The highest BCUT2D eigenvalue weighted by molar-refractivity contribution is 7.89. The summed E-state index contributed by atoms with van der Waals surface area (Å²) in [7, 11) is -4.21. The molecule has 0 aliphatic rings. The van der Waals surface area contributed by atoms with Crippen molar-refractivity contribution < 1.29 is 23.1 Å². The first-order valence-corrected chi connectivity index (χ1v) is 11.8. The Hall–Kier alpha value is -3.10. The Balaban J connectivity index is 2.01. The lowest BCUT2D eigenvalue weighted by Gasteiger charge is -2.27. The number of aromatic hydroxyl groups is 1. The minimum absolute atomic E-state index is 0.0257. The van der Waals surface area contributed by atoms with E-state index >= 15 is 0 Å². The summed E-state index contributed by atoms with van der Waals surface area (Å²) in [6, 6.07) is 15.7. The number of hydrogen-bond acceptors (Lipinski definition) is 6. The number of sulfonamides is 1. The first-order valence-electron chi connectivity index (χ1n) is 9.94. The summed E-state index contributed by atoms with van der Waals surface area (Å²) in [6.07, 6.45) is 2.80. The topological polar surface area (TPSA) is 96.8 Å². The monoisotopic (exact) mass is 474 g/mol. The molecule has 1 heterocycles. The fourth-order valence-corrected chi connectivity index (χ4v) is 4.72. The van der Waals surface area contributed by atoms with Gasteiger partial charge < -0.3 is 9.84 Å². The summed E-state index contributed by atoms with van der Waals surface area (Å²) in [5, 5.41) is 10.0. The van der Waals surface area contributed by atoms with Gasteiger partial charge in [-0.3, -0.25) is 4.98 Å². The predicted molar refractivity (Wildman–Crippen MR) is 121 cm³/mol. The Morgan fingerprint density at radius 1 is 1.12 bits per heavy atom. The maximum absolute atomic E-state index is 13.4. The third-order valence-corrected chi connectivity index (χ3v) is 6.83. The van der Waals surface area contributed by atoms with Gasteiger partial charge in [-0.05, 0) is 66.9 Å². The van der Waals surface area contributed by atoms with Gasteiger partial charge in [0.05, 0.1) is 11.5 Å². The minimum Gasteiger partial charge on any atom is -0.508 e. The molecule has 1 atom stereocenters. The van der Waals surface area contributed by atoms with E-state index in [0.717, 1.165) is 15.4 Å². The molecule has 0 saturated heterocycles. The second-order valence-electron chi connectivity index (χ2n) is 7.04. The van der Waals surface area contributed by atoms with Gasteiger partial charge in [-0.1, -0.05) is 29.8 Å². The van der Waals surface area contributed by atoms with Crippen LogP contribution in [-0.2, 0) is 21.2 Å². The number of phenols is 1. The number of carbonyl (C=O) groups excluding carboxylic acids is 1. The predicted octanol–water partition coefficient (Wildman–Crippen LogP) is 4.61. The molecule has 0 radical (unpaired) electrons. The number of aromatic nitrogens is 1. The zero-order valence-corrected chi connectivity index (χ0v) is 19.0. The highest BCUT2D eigenvalue weighted by Gasteiger charge is 2.33. The molecule has 0 bridgehead atoms. The van der Waals surface area contributed by atoms with Crippen LogP contribution in [0.3, 0.4) is 0 Å². The molecule has 32 heavy (non-hydrogen) atoms. The Bertz CT molecular complexity index is 1140. The summed E-state index contributed by atoms with van der Waals surface area (Å²) in [4.78, 5) is 16.8. The van der Waals surface area contributed by atoms with Crippen LogP contribution in [0.5, 0.6) is 5.75 Å². The van der Waals surface area contributed by atoms with E-state index in [0.29, 0.717) is 11.4 Å². The first kappa shape index (κ1) is 23.6. The summed E-state index contributed by atoms with van der Waals surface area (Å²) in [6.45, 7) is 1.47. The van der Waals surface area contributed by atoms with Gasteiger partial charge in [0, 0.05) is 29.9 Å². The van der Waals surface area contributed by atoms with E-state index in [1.807, 2.05) is 6.07 Å². The third kappa shape index (κ3) is 5.77. The highest BCUT2D eigenvalue weighted by Crippen LogP contribution is 2.28. The molecule has 7 nitrogen and oxygen atoms in total. The van der Waals surface area contributed by atoms with Crippen LogP contribution in [0, 0.1) is 0 Å². The molecule has 2 aromatic carbocycles. The molecule has 9 heteroatoms. The number of carbonyl (C=O) groups is 1. The van der Waals surface area contributed by atoms with Gasteiger partial charge in [0.2, 0.25) is 0 Å². The number of hydrogen-bond donors (Lipinski definition) is 1. The zero-order valence-electron chi connectivity index (χ0n) is 17.4. The van der Waals surface area contributed by atoms with Crippen LogP contribution in [0.2, 0.25) is 5.02 Å². The van der Waals surface area contributed by atoms with Gasteiger partial charge in [0.25, 0.3) is 10.0 Å². The van der Waals surface area contributed by atoms with Crippen molar-refractivity contribution in [2.45, 2.75) is 24.2 Å². The van der Waals surface area contributed by atoms with Crippen LogP contribution in [0.1, 0.15) is 24.0 Å². The van der Waals surface area contributed by atoms with Crippen LogP contribution in [0.25, 0.3) is 0 Å². The van der Waals surface area contributed by atoms with E-state index in [2.05, 4.69) is 4.98 Å². The molecule has 168 valence electrons. The Morgan fingerprint density at radius 2 is 1.81 bits per heavy atom. The van der Waals surface area contributed by atoms with Crippen LogP contribution in [0.4, 0.5) is 4.79 Å². The van der Waals surface area contributed by atoms with Crippen molar-refractivity contribution in [2.24, 2.45) is 0 Å². The molecule has 1 N–H and O–H groups in total. The van der Waals surface area contributed by atoms with Crippen molar-refractivity contribution in [1.29, 1.82) is 0 Å². The number of phenolic OH excluding ortho intramolecular Hbond substituents is 1. The number of ether oxygens (including phenoxy) is 1. The quantitative estimate of drug-likeness (QED) is 0.512. The zero-order chi connectivity index (χ0) is 23.1. The van der Waals surface area contributed by atoms with E-state index < -0.39 is 22.0 Å². The smallest absolute Gasteiger partial charge is 0.423 e. The molecule has 1 amide bonds. The third-order valence-electron chi connectivity index (χ3n) is 4.83. The van der Waals surface area contributed by atoms with Crippen molar-refractivity contribution >= 4 is 27.7 Å². The maximum Gasteiger partial charge on any atom is 0.423 e. The molecule has 3 aromatic rings. The normalized spacial score (nSPS) is 12.2. The fraction of sp³-hybridized carbons (Fsp3) is 0.217. The van der Waals surface area contributed by atoms with Crippen molar-refractivity contribution in [3.8, 4) is 5.75 Å². The summed E-state index contributed by atoms with van der Waals surface area (Å²) < 4.78 is 32.5. The van der Waals surface area contributed by atoms with Crippen LogP contribution >= 0.6 is 11.6 Å². The van der Waals surface area contributed by atoms with Gasteiger partial charge in [-0.25, -0.2) is 13.2 Å². The van der Waals surface area contributed by atoms with Crippen LogP contribution < -0.4 is 0 Å². The van der Waals surface area contributed by atoms with E-state index in [4.69, 9.17) is 16.3 Å². The summed E-state index contributed by atoms with van der Waals surface area (Å²) >= 11 is 5.89. The van der Waals surface area contributed by atoms with Crippen molar-refractivity contribution in [3.63, 3.8) is 0 Å². The number of pyridine rings is 1. The number of benzene rings is 2. The lowest BCUT2D eigenvalue weighted by molar-refractivity contribution is 0.129. The molecule has 0 aliphatic carbocycles. The molecule has 1 aromatic heterocycles. The molecule has 1 unspecified atom stereocenters. The maximum atomic E-state index is 13.4. The van der Waals surface area contributed by atoms with Crippen molar-refractivity contribution in [1.82, 2.24) is 9.29 Å².